The molecule has 0 aliphatic carbocycles. The second-order valence-corrected chi connectivity index (χ2v) is 2.12. The molecule has 1 aliphatic heterocycles. The summed E-state index contributed by atoms with van der Waals surface area (Å²) in [5.74, 6) is 0. The van der Waals surface area contributed by atoms with E-state index >= 15 is 0 Å². The molecule has 2 nitrogen and oxygen atoms in total. The van der Waals surface area contributed by atoms with Crippen molar-refractivity contribution in [3.8, 4) is 0 Å². The standard InChI is InChI=1S/C7H12N2/c1-6-7(8-2)4-3-5-9-6/h4,8H,3,5H2,1-2H3. The molecule has 1 rings (SSSR count). The Morgan fingerprint density at radius 3 is 2.89 bits per heavy atom. The normalized spacial score (nSPS) is 18.4. The molecule has 0 aromatic carbocycles. The van der Waals surface area contributed by atoms with Crippen LogP contribution in [0.5, 0.6) is 0 Å². The molecule has 50 valence electrons. The molecule has 0 fully saturated rings. The predicted molar refractivity (Wildman–Crippen MR) is 39.7 cm³/mol. The van der Waals surface area contributed by atoms with Crippen molar-refractivity contribution in [2.75, 3.05) is 13.6 Å². The molecule has 0 aromatic rings. The first kappa shape index (κ1) is 6.33. The van der Waals surface area contributed by atoms with Crippen LogP contribution in [0, 0.1) is 0 Å². The number of rotatable bonds is 1. The van der Waals surface area contributed by atoms with E-state index in [1.165, 1.54) is 5.70 Å². The molecule has 0 saturated heterocycles. The highest BCUT2D eigenvalue weighted by atomic mass is 14.9. The van der Waals surface area contributed by atoms with E-state index in [0.29, 0.717) is 0 Å². The van der Waals surface area contributed by atoms with Crippen molar-refractivity contribution in [2.24, 2.45) is 4.99 Å². The average molecular weight is 124 g/mol. The fraction of sp³-hybridized carbons (Fsp3) is 0.571. The fourth-order valence-corrected chi connectivity index (χ4v) is 0.957. The maximum Gasteiger partial charge on any atom is 0.0545 e. The van der Waals surface area contributed by atoms with Crippen LogP contribution in [0.25, 0.3) is 0 Å². The van der Waals surface area contributed by atoms with Gasteiger partial charge in [-0.25, -0.2) is 0 Å². The van der Waals surface area contributed by atoms with Gasteiger partial charge < -0.3 is 5.32 Å². The molecule has 2 heteroatoms. The van der Waals surface area contributed by atoms with Crippen LogP contribution in [0.1, 0.15) is 13.3 Å². The summed E-state index contributed by atoms with van der Waals surface area (Å²) in [5, 5.41) is 3.08. The summed E-state index contributed by atoms with van der Waals surface area (Å²) in [6.07, 6.45) is 3.26. The van der Waals surface area contributed by atoms with Gasteiger partial charge in [-0.2, -0.15) is 0 Å². The monoisotopic (exact) mass is 124 g/mol. The van der Waals surface area contributed by atoms with Crippen LogP contribution < -0.4 is 5.32 Å². The third-order valence-corrected chi connectivity index (χ3v) is 1.49. The Bertz CT molecular complexity index is 156. The van der Waals surface area contributed by atoms with Crippen LogP contribution in [-0.2, 0) is 0 Å². The molecule has 0 saturated carbocycles. The van der Waals surface area contributed by atoms with E-state index in [2.05, 4.69) is 16.4 Å². The van der Waals surface area contributed by atoms with E-state index in [-0.39, 0.29) is 0 Å². The van der Waals surface area contributed by atoms with Gasteiger partial charge in [-0.05, 0) is 13.3 Å². The van der Waals surface area contributed by atoms with Crippen molar-refractivity contribution >= 4 is 5.71 Å². The van der Waals surface area contributed by atoms with Crippen LogP contribution >= 0.6 is 0 Å². The van der Waals surface area contributed by atoms with Crippen molar-refractivity contribution in [3.63, 3.8) is 0 Å². The minimum Gasteiger partial charge on any atom is -0.387 e. The minimum absolute atomic E-state index is 0.955. The lowest BCUT2D eigenvalue weighted by atomic mass is 10.2. The predicted octanol–water partition coefficient (Wildman–Crippen LogP) is 0.954. The molecule has 1 aliphatic rings. The van der Waals surface area contributed by atoms with E-state index in [4.69, 9.17) is 0 Å². The van der Waals surface area contributed by atoms with E-state index < -0.39 is 0 Å². The largest absolute Gasteiger partial charge is 0.387 e. The molecule has 0 bridgehead atoms. The highest BCUT2D eigenvalue weighted by Crippen LogP contribution is 2.02. The molecule has 1 heterocycles. The van der Waals surface area contributed by atoms with Crippen LogP contribution in [-0.4, -0.2) is 19.3 Å². The van der Waals surface area contributed by atoms with Gasteiger partial charge in [0.05, 0.1) is 11.4 Å². The smallest absolute Gasteiger partial charge is 0.0545 e. The van der Waals surface area contributed by atoms with Crippen LogP contribution in [0.4, 0.5) is 0 Å². The molecular weight excluding hydrogens is 112 g/mol. The number of aliphatic imine (C=N–C) groups is 1. The zero-order chi connectivity index (χ0) is 6.69. The third kappa shape index (κ3) is 1.31. The van der Waals surface area contributed by atoms with Gasteiger partial charge in [0.15, 0.2) is 0 Å². The zero-order valence-corrected chi connectivity index (χ0v) is 5.94. The first-order valence-corrected chi connectivity index (χ1v) is 3.24. The quantitative estimate of drug-likeness (QED) is 0.553. The van der Waals surface area contributed by atoms with E-state index in [9.17, 15) is 0 Å². The second kappa shape index (κ2) is 2.67. The lowest BCUT2D eigenvalue weighted by molar-refractivity contribution is 0.927. The highest BCUT2D eigenvalue weighted by Gasteiger charge is 2.01. The molecule has 0 spiro atoms. The SMILES string of the molecule is CNC1=CCCN=C1C. The molecule has 1 N–H and O–H groups in total. The van der Waals surface area contributed by atoms with Gasteiger partial charge in [0, 0.05) is 13.6 Å². The lowest BCUT2D eigenvalue weighted by Crippen LogP contribution is -2.16. The minimum atomic E-state index is 0.955. The van der Waals surface area contributed by atoms with Crippen LogP contribution in [0.15, 0.2) is 16.8 Å². The number of nitrogens with zero attached hydrogens (tertiary/aromatic N) is 1. The molecular formula is C7H12N2. The Morgan fingerprint density at radius 1 is 1.67 bits per heavy atom. The number of hydrogen-bond acceptors (Lipinski definition) is 2. The lowest BCUT2D eigenvalue weighted by Gasteiger charge is -2.09. The average Bonchev–Trinajstić information content (AvgIpc) is 1.89. The van der Waals surface area contributed by atoms with Crippen molar-refractivity contribution in [1.82, 2.24) is 5.32 Å². The summed E-state index contributed by atoms with van der Waals surface area (Å²) in [4.78, 5) is 4.27. The zero-order valence-electron chi connectivity index (χ0n) is 5.94. The van der Waals surface area contributed by atoms with E-state index in [1.54, 1.807) is 0 Å². The summed E-state index contributed by atoms with van der Waals surface area (Å²) in [5.41, 5.74) is 2.31. The third-order valence-electron chi connectivity index (χ3n) is 1.49. The summed E-state index contributed by atoms with van der Waals surface area (Å²) in [6.45, 7) is 2.98. The van der Waals surface area contributed by atoms with Crippen molar-refractivity contribution in [1.29, 1.82) is 0 Å². The Morgan fingerprint density at radius 2 is 2.44 bits per heavy atom. The fourth-order valence-electron chi connectivity index (χ4n) is 0.957. The van der Waals surface area contributed by atoms with Gasteiger partial charge >= 0.3 is 0 Å². The molecule has 0 unspecified atom stereocenters. The molecule has 0 atom stereocenters. The van der Waals surface area contributed by atoms with Crippen LogP contribution in [0.2, 0.25) is 0 Å². The number of dihydropyridines is 1. The number of nitrogens with one attached hydrogen (secondary N) is 1. The van der Waals surface area contributed by atoms with Gasteiger partial charge in [0.25, 0.3) is 0 Å². The van der Waals surface area contributed by atoms with Gasteiger partial charge in [-0.3, -0.25) is 4.99 Å². The second-order valence-electron chi connectivity index (χ2n) is 2.12. The summed E-state index contributed by atoms with van der Waals surface area (Å²) < 4.78 is 0. The Labute approximate surface area is 55.7 Å². The summed E-state index contributed by atoms with van der Waals surface area (Å²) in [6, 6.07) is 0. The van der Waals surface area contributed by atoms with Crippen molar-refractivity contribution in [3.05, 3.63) is 11.8 Å². The van der Waals surface area contributed by atoms with Gasteiger partial charge in [0.2, 0.25) is 0 Å². The Balaban J connectivity index is 2.68. The molecule has 0 amide bonds. The number of hydrogen-bond donors (Lipinski definition) is 1. The van der Waals surface area contributed by atoms with Gasteiger partial charge in [-0.1, -0.05) is 6.08 Å². The van der Waals surface area contributed by atoms with E-state index in [1.807, 2.05) is 14.0 Å². The first-order chi connectivity index (χ1) is 4.34. The topological polar surface area (TPSA) is 24.4 Å². The van der Waals surface area contributed by atoms with Crippen molar-refractivity contribution < 1.29 is 0 Å². The maximum absolute atomic E-state index is 4.27. The molecule has 0 radical (unpaired) electrons. The van der Waals surface area contributed by atoms with Gasteiger partial charge in [0.1, 0.15) is 0 Å². The summed E-state index contributed by atoms with van der Waals surface area (Å²) >= 11 is 0. The maximum atomic E-state index is 4.27. The van der Waals surface area contributed by atoms with E-state index in [0.717, 1.165) is 18.7 Å². The first-order valence-electron chi connectivity index (χ1n) is 3.24. The Kier molecular flexibility index (Phi) is 1.88. The Hall–Kier alpha value is -0.790. The van der Waals surface area contributed by atoms with Crippen LogP contribution in [0.3, 0.4) is 0 Å². The van der Waals surface area contributed by atoms with Gasteiger partial charge in [-0.15, -0.1) is 0 Å². The number of allylic oxidation sites excluding steroid dienone is 1. The molecule has 0 aromatic heterocycles. The highest BCUT2D eigenvalue weighted by molar-refractivity contribution is 5.98. The summed E-state index contributed by atoms with van der Waals surface area (Å²) in [7, 11) is 1.93. The molecule has 9 heavy (non-hydrogen) atoms. The van der Waals surface area contributed by atoms with Crippen molar-refractivity contribution in [2.45, 2.75) is 13.3 Å².